The monoisotopic (exact) mass is 296 g/mol. The molecule has 1 aromatic heterocycles. The minimum Gasteiger partial charge on any atom is -0.493 e. The SMILES string of the molecule is COc1ccc(CC(O)c2c(Cl)cnn2C)cc1OC. The summed E-state index contributed by atoms with van der Waals surface area (Å²) in [4.78, 5) is 0. The molecule has 0 amide bonds. The van der Waals surface area contributed by atoms with Crippen molar-refractivity contribution < 1.29 is 14.6 Å². The number of hydrogen-bond acceptors (Lipinski definition) is 4. The van der Waals surface area contributed by atoms with Crippen LogP contribution in [0, 0.1) is 0 Å². The standard InChI is InChI=1S/C14H17ClN2O3/c1-17-14(10(15)8-16-17)11(18)6-9-4-5-12(19-2)13(7-9)20-3/h4-5,7-8,11,18H,6H2,1-3H3. The van der Waals surface area contributed by atoms with Gasteiger partial charge in [0.2, 0.25) is 0 Å². The Labute approximate surface area is 122 Å². The third kappa shape index (κ3) is 2.89. The number of ether oxygens (including phenoxy) is 2. The number of halogens is 1. The van der Waals surface area contributed by atoms with E-state index in [1.807, 2.05) is 18.2 Å². The number of aromatic nitrogens is 2. The second-order valence-electron chi connectivity index (χ2n) is 4.41. The summed E-state index contributed by atoms with van der Waals surface area (Å²) < 4.78 is 12.0. The van der Waals surface area contributed by atoms with Gasteiger partial charge in [0.05, 0.1) is 31.1 Å². The van der Waals surface area contributed by atoms with Crippen LogP contribution in [-0.2, 0) is 13.5 Å². The zero-order valence-corrected chi connectivity index (χ0v) is 12.4. The average molecular weight is 297 g/mol. The van der Waals surface area contributed by atoms with Gasteiger partial charge in [0.15, 0.2) is 11.5 Å². The van der Waals surface area contributed by atoms with E-state index in [4.69, 9.17) is 21.1 Å². The first kappa shape index (κ1) is 14.7. The molecule has 0 aliphatic heterocycles. The van der Waals surface area contributed by atoms with Gasteiger partial charge in [-0.05, 0) is 17.7 Å². The van der Waals surface area contributed by atoms with E-state index in [1.54, 1.807) is 25.9 Å². The second kappa shape index (κ2) is 6.15. The van der Waals surface area contributed by atoms with Crippen LogP contribution in [0.1, 0.15) is 17.4 Å². The summed E-state index contributed by atoms with van der Waals surface area (Å²) in [6.07, 6.45) is 1.21. The molecular formula is C14H17ClN2O3. The summed E-state index contributed by atoms with van der Waals surface area (Å²) in [5.74, 6) is 1.29. The number of methoxy groups -OCH3 is 2. The summed E-state index contributed by atoms with van der Waals surface area (Å²) in [7, 11) is 4.91. The Kier molecular flexibility index (Phi) is 4.52. The number of hydrogen-bond donors (Lipinski definition) is 1. The van der Waals surface area contributed by atoms with Crippen LogP contribution in [0.3, 0.4) is 0 Å². The molecule has 1 unspecified atom stereocenters. The quantitative estimate of drug-likeness (QED) is 0.920. The lowest BCUT2D eigenvalue weighted by Gasteiger charge is -2.14. The smallest absolute Gasteiger partial charge is 0.160 e. The van der Waals surface area contributed by atoms with Crippen molar-refractivity contribution in [2.45, 2.75) is 12.5 Å². The van der Waals surface area contributed by atoms with Gasteiger partial charge in [-0.25, -0.2) is 0 Å². The molecule has 0 spiro atoms. The lowest BCUT2D eigenvalue weighted by atomic mass is 10.0. The van der Waals surface area contributed by atoms with Crippen LogP contribution in [0.4, 0.5) is 0 Å². The minimum absolute atomic E-state index is 0.416. The van der Waals surface area contributed by atoms with Gasteiger partial charge >= 0.3 is 0 Å². The van der Waals surface area contributed by atoms with Crippen LogP contribution in [0.25, 0.3) is 0 Å². The van der Waals surface area contributed by atoms with Gasteiger partial charge in [-0.15, -0.1) is 0 Å². The fraction of sp³-hybridized carbons (Fsp3) is 0.357. The van der Waals surface area contributed by atoms with Crippen molar-refractivity contribution in [1.29, 1.82) is 0 Å². The Hall–Kier alpha value is -1.72. The number of nitrogens with zero attached hydrogens (tertiary/aromatic N) is 2. The van der Waals surface area contributed by atoms with Gasteiger partial charge in [-0.3, -0.25) is 4.68 Å². The fourth-order valence-electron chi connectivity index (χ4n) is 2.12. The van der Waals surface area contributed by atoms with Gasteiger partial charge in [0, 0.05) is 13.5 Å². The average Bonchev–Trinajstić information content (AvgIpc) is 2.78. The van der Waals surface area contributed by atoms with Crippen molar-refractivity contribution in [2.75, 3.05) is 14.2 Å². The van der Waals surface area contributed by atoms with E-state index in [0.29, 0.717) is 28.6 Å². The van der Waals surface area contributed by atoms with Gasteiger partial charge in [-0.1, -0.05) is 17.7 Å². The highest BCUT2D eigenvalue weighted by atomic mass is 35.5. The van der Waals surface area contributed by atoms with Crippen LogP contribution in [-0.4, -0.2) is 29.1 Å². The number of aliphatic hydroxyl groups excluding tert-OH is 1. The molecule has 1 heterocycles. The molecule has 20 heavy (non-hydrogen) atoms. The molecule has 0 aliphatic rings. The first-order chi connectivity index (χ1) is 9.56. The number of rotatable bonds is 5. The van der Waals surface area contributed by atoms with Crippen LogP contribution >= 0.6 is 11.6 Å². The number of aryl methyl sites for hydroxylation is 1. The van der Waals surface area contributed by atoms with Gasteiger partial charge in [0.25, 0.3) is 0 Å². The minimum atomic E-state index is -0.729. The van der Waals surface area contributed by atoms with Crippen molar-refractivity contribution >= 4 is 11.6 Å². The molecule has 0 aliphatic carbocycles. The largest absolute Gasteiger partial charge is 0.493 e. The molecule has 1 aromatic carbocycles. The first-order valence-electron chi connectivity index (χ1n) is 6.13. The summed E-state index contributed by atoms with van der Waals surface area (Å²) in [6.45, 7) is 0. The molecule has 2 aromatic rings. The van der Waals surface area contributed by atoms with Crippen LogP contribution in [0.5, 0.6) is 11.5 Å². The zero-order valence-electron chi connectivity index (χ0n) is 11.6. The maximum absolute atomic E-state index is 10.3. The third-order valence-corrected chi connectivity index (χ3v) is 3.42. The first-order valence-corrected chi connectivity index (χ1v) is 6.51. The number of benzene rings is 1. The molecule has 0 saturated carbocycles. The van der Waals surface area contributed by atoms with Crippen LogP contribution in [0.2, 0.25) is 5.02 Å². The van der Waals surface area contributed by atoms with E-state index >= 15 is 0 Å². The lowest BCUT2D eigenvalue weighted by Crippen LogP contribution is -2.08. The Morgan fingerprint density at radius 2 is 2.00 bits per heavy atom. The van der Waals surface area contributed by atoms with E-state index in [9.17, 15) is 5.11 Å². The Morgan fingerprint density at radius 1 is 1.30 bits per heavy atom. The zero-order chi connectivity index (χ0) is 14.7. The molecule has 0 fully saturated rings. The summed E-state index contributed by atoms with van der Waals surface area (Å²) in [6, 6.07) is 5.53. The van der Waals surface area contributed by atoms with Crippen molar-refractivity contribution in [2.24, 2.45) is 7.05 Å². The van der Waals surface area contributed by atoms with Crippen molar-refractivity contribution in [1.82, 2.24) is 9.78 Å². The molecule has 0 radical (unpaired) electrons. The molecule has 1 atom stereocenters. The van der Waals surface area contributed by atoms with Crippen molar-refractivity contribution in [3.05, 3.63) is 40.7 Å². The molecule has 6 heteroatoms. The third-order valence-electron chi connectivity index (χ3n) is 3.13. The molecule has 5 nitrogen and oxygen atoms in total. The summed E-state index contributed by atoms with van der Waals surface area (Å²) in [5.41, 5.74) is 1.52. The van der Waals surface area contributed by atoms with Crippen molar-refractivity contribution in [3.63, 3.8) is 0 Å². The Morgan fingerprint density at radius 3 is 2.55 bits per heavy atom. The van der Waals surface area contributed by atoms with Crippen molar-refractivity contribution in [3.8, 4) is 11.5 Å². The fourth-order valence-corrected chi connectivity index (χ4v) is 2.41. The molecule has 2 rings (SSSR count). The maximum Gasteiger partial charge on any atom is 0.160 e. The maximum atomic E-state index is 10.3. The summed E-state index contributed by atoms with van der Waals surface area (Å²) >= 11 is 6.02. The molecular weight excluding hydrogens is 280 g/mol. The Balaban J connectivity index is 2.22. The van der Waals surface area contributed by atoms with Crippen LogP contribution in [0.15, 0.2) is 24.4 Å². The molecule has 0 bridgehead atoms. The predicted octanol–water partition coefficient (Wildman–Crippen LogP) is 2.37. The highest BCUT2D eigenvalue weighted by Crippen LogP contribution is 2.30. The van der Waals surface area contributed by atoms with Crippen LogP contribution < -0.4 is 9.47 Å². The highest BCUT2D eigenvalue weighted by Gasteiger charge is 2.17. The van der Waals surface area contributed by atoms with E-state index < -0.39 is 6.10 Å². The molecule has 0 saturated heterocycles. The van der Waals surface area contributed by atoms with E-state index in [1.165, 1.54) is 6.20 Å². The van der Waals surface area contributed by atoms with Gasteiger partial charge in [-0.2, -0.15) is 5.10 Å². The normalized spacial score (nSPS) is 12.2. The topological polar surface area (TPSA) is 56.5 Å². The molecule has 108 valence electrons. The predicted molar refractivity (Wildman–Crippen MR) is 76.4 cm³/mol. The van der Waals surface area contributed by atoms with Gasteiger partial charge in [0.1, 0.15) is 6.10 Å². The summed E-state index contributed by atoms with van der Waals surface area (Å²) in [5, 5.41) is 14.8. The Bertz CT molecular complexity index is 579. The van der Waals surface area contributed by atoms with E-state index in [2.05, 4.69) is 5.10 Å². The van der Waals surface area contributed by atoms with E-state index in [-0.39, 0.29) is 0 Å². The highest BCUT2D eigenvalue weighted by molar-refractivity contribution is 6.31. The van der Waals surface area contributed by atoms with E-state index in [0.717, 1.165) is 5.56 Å². The molecule has 1 N–H and O–H groups in total. The number of aliphatic hydroxyl groups is 1. The second-order valence-corrected chi connectivity index (χ2v) is 4.82. The lowest BCUT2D eigenvalue weighted by molar-refractivity contribution is 0.168. The van der Waals surface area contributed by atoms with Gasteiger partial charge < -0.3 is 14.6 Å².